The maximum atomic E-state index is 5.38. The summed E-state index contributed by atoms with van der Waals surface area (Å²) < 4.78 is 10.7. The molecule has 0 spiro atoms. The van der Waals surface area contributed by atoms with Crippen LogP contribution in [-0.4, -0.2) is 31.3 Å². The lowest BCUT2D eigenvalue weighted by Crippen LogP contribution is -2.21. The van der Waals surface area contributed by atoms with E-state index in [1.807, 2.05) is 6.07 Å². The molecule has 0 saturated carbocycles. The molecule has 3 nitrogen and oxygen atoms in total. The monoisotopic (exact) mass is 219 g/mol. The quantitative estimate of drug-likeness (QED) is 0.776. The SMILES string of the molecule is c1cc2c(cc1CCN1CCCC1)OCO2. The molecule has 0 radical (unpaired) electrons. The van der Waals surface area contributed by atoms with Crippen molar-refractivity contribution >= 4 is 0 Å². The van der Waals surface area contributed by atoms with E-state index in [-0.39, 0.29) is 0 Å². The van der Waals surface area contributed by atoms with Gasteiger partial charge in [-0.2, -0.15) is 0 Å². The number of likely N-dealkylation sites (tertiary alicyclic amines) is 1. The van der Waals surface area contributed by atoms with Crippen LogP contribution < -0.4 is 9.47 Å². The van der Waals surface area contributed by atoms with E-state index in [1.54, 1.807) is 0 Å². The van der Waals surface area contributed by atoms with Crippen molar-refractivity contribution in [3.05, 3.63) is 23.8 Å². The molecule has 2 aliphatic rings. The topological polar surface area (TPSA) is 21.7 Å². The maximum absolute atomic E-state index is 5.38. The van der Waals surface area contributed by atoms with Crippen molar-refractivity contribution < 1.29 is 9.47 Å². The Morgan fingerprint density at radius 2 is 1.88 bits per heavy atom. The number of hydrogen-bond acceptors (Lipinski definition) is 3. The molecule has 0 atom stereocenters. The van der Waals surface area contributed by atoms with Gasteiger partial charge in [-0.3, -0.25) is 0 Å². The third kappa shape index (κ3) is 2.00. The molecule has 2 heterocycles. The summed E-state index contributed by atoms with van der Waals surface area (Å²) in [7, 11) is 0. The summed E-state index contributed by atoms with van der Waals surface area (Å²) in [6.45, 7) is 4.07. The molecule has 0 N–H and O–H groups in total. The molecule has 2 aliphatic heterocycles. The molecule has 0 amide bonds. The van der Waals surface area contributed by atoms with E-state index in [0.717, 1.165) is 17.9 Å². The Labute approximate surface area is 96.0 Å². The summed E-state index contributed by atoms with van der Waals surface area (Å²) in [6, 6.07) is 6.27. The molecule has 1 saturated heterocycles. The van der Waals surface area contributed by atoms with Gasteiger partial charge in [0, 0.05) is 6.54 Å². The standard InChI is InChI=1S/C13H17NO2/c1-2-7-14(6-1)8-5-11-3-4-12-13(9-11)16-10-15-12/h3-4,9H,1-2,5-8,10H2. The van der Waals surface area contributed by atoms with E-state index in [0.29, 0.717) is 6.79 Å². The molecule has 0 unspecified atom stereocenters. The van der Waals surface area contributed by atoms with Gasteiger partial charge in [0.15, 0.2) is 11.5 Å². The predicted molar refractivity (Wildman–Crippen MR) is 61.9 cm³/mol. The second kappa shape index (κ2) is 4.34. The highest BCUT2D eigenvalue weighted by molar-refractivity contribution is 5.44. The minimum atomic E-state index is 0.366. The van der Waals surface area contributed by atoms with Gasteiger partial charge in [0.2, 0.25) is 6.79 Å². The Balaban J connectivity index is 1.61. The molecule has 16 heavy (non-hydrogen) atoms. The molecule has 1 fully saturated rings. The number of ether oxygens (including phenoxy) is 2. The molecule has 3 rings (SSSR count). The molecule has 1 aromatic carbocycles. The highest BCUT2D eigenvalue weighted by Gasteiger charge is 2.14. The van der Waals surface area contributed by atoms with E-state index in [9.17, 15) is 0 Å². The first-order valence-electron chi connectivity index (χ1n) is 6.03. The first kappa shape index (κ1) is 9.97. The average Bonchev–Trinajstić information content (AvgIpc) is 2.97. The van der Waals surface area contributed by atoms with Crippen LogP contribution in [-0.2, 0) is 6.42 Å². The van der Waals surface area contributed by atoms with E-state index in [4.69, 9.17) is 9.47 Å². The number of benzene rings is 1. The van der Waals surface area contributed by atoms with Crippen molar-refractivity contribution in [3.63, 3.8) is 0 Å². The first-order chi connectivity index (χ1) is 7.92. The zero-order valence-electron chi connectivity index (χ0n) is 9.45. The second-order valence-electron chi connectivity index (χ2n) is 4.49. The van der Waals surface area contributed by atoms with Gasteiger partial charge in [-0.1, -0.05) is 6.07 Å². The van der Waals surface area contributed by atoms with Crippen molar-refractivity contribution in [1.82, 2.24) is 4.90 Å². The molecule has 0 aromatic heterocycles. The normalized spacial score (nSPS) is 19.2. The summed E-state index contributed by atoms with van der Waals surface area (Å²) in [5.74, 6) is 1.78. The van der Waals surface area contributed by atoms with Gasteiger partial charge in [0.05, 0.1) is 0 Å². The van der Waals surface area contributed by atoms with E-state index in [1.165, 1.54) is 38.0 Å². The lowest BCUT2D eigenvalue weighted by molar-refractivity contribution is 0.174. The summed E-state index contributed by atoms with van der Waals surface area (Å²) in [5.41, 5.74) is 1.34. The molecule has 3 heteroatoms. The van der Waals surface area contributed by atoms with Gasteiger partial charge in [0.1, 0.15) is 0 Å². The summed E-state index contributed by atoms with van der Waals surface area (Å²) in [6.07, 6.45) is 3.83. The number of fused-ring (bicyclic) bond motifs is 1. The Hall–Kier alpha value is -1.22. The number of nitrogens with zero attached hydrogens (tertiary/aromatic N) is 1. The average molecular weight is 219 g/mol. The predicted octanol–water partition coefficient (Wildman–Crippen LogP) is 2.05. The highest BCUT2D eigenvalue weighted by atomic mass is 16.7. The van der Waals surface area contributed by atoms with Crippen LogP contribution in [0.3, 0.4) is 0 Å². The lowest BCUT2D eigenvalue weighted by Gasteiger charge is -2.14. The number of hydrogen-bond donors (Lipinski definition) is 0. The van der Waals surface area contributed by atoms with Gasteiger partial charge in [-0.25, -0.2) is 0 Å². The maximum Gasteiger partial charge on any atom is 0.231 e. The zero-order chi connectivity index (χ0) is 10.8. The van der Waals surface area contributed by atoms with Crippen LogP contribution in [0.2, 0.25) is 0 Å². The van der Waals surface area contributed by atoms with Crippen molar-refractivity contribution in [2.24, 2.45) is 0 Å². The molecular formula is C13H17NO2. The van der Waals surface area contributed by atoms with Crippen molar-refractivity contribution in [2.75, 3.05) is 26.4 Å². The van der Waals surface area contributed by atoms with Crippen molar-refractivity contribution in [2.45, 2.75) is 19.3 Å². The molecule has 86 valence electrons. The first-order valence-corrected chi connectivity index (χ1v) is 6.03. The highest BCUT2D eigenvalue weighted by Crippen LogP contribution is 2.32. The van der Waals surface area contributed by atoms with Crippen LogP contribution in [0, 0.1) is 0 Å². The Morgan fingerprint density at radius 1 is 1.06 bits per heavy atom. The van der Waals surface area contributed by atoms with Crippen LogP contribution >= 0.6 is 0 Å². The van der Waals surface area contributed by atoms with Gasteiger partial charge < -0.3 is 14.4 Å². The molecule has 0 aliphatic carbocycles. The van der Waals surface area contributed by atoms with Gasteiger partial charge in [0.25, 0.3) is 0 Å². The van der Waals surface area contributed by atoms with Crippen molar-refractivity contribution in [3.8, 4) is 11.5 Å². The van der Waals surface area contributed by atoms with Gasteiger partial charge in [-0.05, 0) is 50.0 Å². The smallest absolute Gasteiger partial charge is 0.231 e. The van der Waals surface area contributed by atoms with Crippen LogP contribution in [0.25, 0.3) is 0 Å². The fourth-order valence-electron chi connectivity index (χ4n) is 2.39. The summed E-state index contributed by atoms with van der Waals surface area (Å²) >= 11 is 0. The Kier molecular flexibility index (Phi) is 2.70. The van der Waals surface area contributed by atoms with E-state index in [2.05, 4.69) is 17.0 Å². The molecular weight excluding hydrogens is 202 g/mol. The lowest BCUT2D eigenvalue weighted by atomic mass is 10.1. The van der Waals surface area contributed by atoms with Gasteiger partial charge in [-0.15, -0.1) is 0 Å². The Bertz CT molecular complexity index is 372. The second-order valence-corrected chi connectivity index (χ2v) is 4.49. The number of rotatable bonds is 3. The minimum Gasteiger partial charge on any atom is -0.454 e. The summed E-state index contributed by atoms with van der Waals surface area (Å²) in [4.78, 5) is 2.53. The van der Waals surface area contributed by atoms with Crippen LogP contribution in [0.5, 0.6) is 11.5 Å². The van der Waals surface area contributed by atoms with E-state index >= 15 is 0 Å². The van der Waals surface area contributed by atoms with Crippen LogP contribution in [0.15, 0.2) is 18.2 Å². The zero-order valence-corrected chi connectivity index (χ0v) is 9.45. The van der Waals surface area contributed by atoms with Crippen LogP contribution in [0.4, 0.5) is 0 Å². The fourth-order valence-corrected chi connectivity index (χ4v) is 2.39. The van der Waals surface area contributed by atoms with Crippen LogP contribution in [0.1, 0.15) is 18.4 Å². The van der Waals surface area contributed by atoms with Crippen molar-refractivity contribution in [1.29, 1.82) is 0 Å². The third-order valence-electron chi connectivity index (χ3n) is 3.35. The third-order valence-corrected chi connectivity index (χ3v) is 3.35. The fraction of sp³-hybridized carbons (Fsp3) is 0.538. The van der Waals surface area contributed by atoms with Gasteiger partial charge >= 0.3 is 0 Å². The summed E-state index contributed by atoms with van der Waals surface area (Å²) in [5, 5.41) is 0. The largest absolute Gasteiger partial charge is 0.454 e. The Morgan fingerprint density at radius 3 is 2.75 bits per heavy atom. The molecule has 0 bridgehead atoms. The van der Waals surface area contributed by atoms with E-state index < -0.39 is 0 Å². The minimum absolute atomic E-state index is 0.366. The molecule has 1 aromatic rings.